The smallest absolute Gasteiger partial charge is 0.274 e. The Morgan fingerprint density at radius 1 is 1.46 bits per heavy atom. The Labute approximate surface area is 156 Å². The first-order chi connectivity index (χ1) is 12.5. The zero-order chi connectivity index (χ0) is 18.7. The Hall–Kier alpha value is -2.45. The van der Waals surface area contributed by atoms with Gasteiger partial charge in [-0.25, -0.2) is 4.98 Å². The molecule has 26 heavy (non-hydrogen) atoms. The maximum absolute atomic E-state index is 12.8. The summed E-state index contributed by atoms with van der Waals surface area (Å²) >= 11 is 1.35. The van der Waals surface area contributed by atoms with Crippen molar-refractivity contribution in [1.29, 1.82) is 0 Å². The van der Waals surface area contributed by atoms with E-state index in [1.165, 1.54) is 11.3 Å². The first-order valence-electron chi connectivity index (χ1n) is 8.44. The molecule has 1 aliphatic heterocycles. The van der Waals surface area contributed by atoms with Gasteiger partial charge in [0, 0.05) is 18.5 Å². The van der Waals surface area contributed by atoms with E-state index < -0.39 is 6.04 Å². The van der Waals surface area contributed by atoms with E-state index in [2.05, 4.69) is 10.3 Å². The minimum absolute atomic E-state index is 0.214. The quantitative estimate of drug-likeness (QED) is 0.836. The van der Waals surface area contributed by atoms with Crippen molar-refractivity contribution in [3.05, 3.63) is 39.8 Å². The summed E-state index contributed by atoms with van der Waals surface area (Å²) in [5.74, 6) is 0.149. The number of anilines is 1. The minimum Gasteiger partial charge on any atom is -0.495 e. The number of likely N-dealkylation sites (tertiary alicyclic amines) is 1. The van der Waals surface area contributed by atoms with Gasteiger partial charge < -0.3 is 20.7 Å². The number of nitrogens with zero attached hydrogens (tertiary/aromatic N) is 2. The number of hydrogen-bond acceptors (Lipinski definition) is 6. The normalized spacial score (nSPS) is 16.6. The number of carbonyl (C=O) groups is 2. The summed E-state index contributed by atoms with van der Waals surface area (Å²) in [4.78, 5) is 31.4. The van der Waals surface area contributed by atoms with E-state index in [-0.39, 0.29) is 11.8 Å². The lowest BCUT2D eigenvalue weighted by Crippen LogP contribution is -2.43. The van der Waals surface area contributed by atoms with Crippen LogP contribution in [0.5, 0.6) is 5.75 Å². The lowest BCUT2D eigenvalue weighted by atomic mass is 10.1. The molecule has 0 radical (unpaired) electrons. The molecule has 1 saturated heterocycles. The molecule has 0 saturated carbocycles. The van der Waals surface area contributed by atoms with Gasteiger partial charge in [-0.3, -0.25) is 9.59 Å². The molecule has 3 N–H and O–H groups in total. The zero-order valence-corrected chi connectivity index (χ0v) is 15.6. The van der Waals surface area contributed by atoms with E-state index in [1.54, 1.807) is 17.4 Å². The molecular formula is C18H22N4O3S. The molecule has 7 nitrogen and oxygen atoms in total. The fourth-order valence-electron chi connectivity index (χ4n) is 3.07. The summed E-state index contributed by atoms with van der Waals surface area (Å²) in [7, 11) is 1.56. The van der Waals surface area contributed by atoms with Gasteiger partial charge in [-0.2, -0.15) is 0 Å². The van der Waals surface area contributed by atoms with E-state index >= 15 is 0 Å². The molecule has 1 aliphatic rings. The maximum atomic E-state index is 12.8. The number of aromatic nitrogens is 1. The second-order valence-electron chi connectivity index (χ2n) is 6.18. The van der Waals surface area contributed by atoms with E-state index in [0.717, 1.165) is 12.0 Å². The van der Waals surface area contributed by atoms with Gasteiger partial charge in [-0.15, -0.1) is 11.3 Å². The lowest BCUT2D eigenvalue weighted by molar-refractivity contribution is -0.119. The van der Waals surface area contributed by atoms with Gasteiger partial charge in [-0.1, -0.05) is 6.07 Å². The third kappa shape index (κ3) is 3.71. The van der Waals surface area contributed by atoms with Crippen LogP contribution in [0.15, 0.2) is 23.6 Å². The van der Waals surface area contributed by atoms with Gasteiger partial charge in [-0.05, 0) is 37.5 Å². The highest BCUT2D eigenvalue weighted by Gasteiger charge is 2.35. The Morgan fingerprint density at radius 3 is 2.96 bits per heavy atom. The number of thiazole rings is 1. The number of hydrogen-bond donors (Lipinski definition) is 2. The predicted molar refractivity (Wildman–Crippen MR) is 100 cm³/mol. The molecule has 1 aromatic carbocycles. The molecule has 0 aliphatic carbocycles. The van der Waals surface area contributed by atoms with Crippen LogP contribution in [-0.2, 0) is 11.3 Å². The number of rotatable bonds is 5. The fourth-order valence-corrected chi connectivity index (χ4v) is 3.72. The zero-order valence-electron chi connectivity index (χ0n) is 14.8. The van der Waals surface area contributed by atoms with Gasteiger partial charge in [0.15, 0.2) is 0 Å². The average Bonchev–Trinajstić information content (AvgIpc) is 3.30. The Bertz CT molecular complexity index is 821. The average molecular weight is 374 g/mol. The molecule has 2 amide bonds. The molecule has 138 valence electrons. The van der Waals surface area contributed by atoms with Gasteiger partial charge in [0.05, 0.1) is 12.8 Å². The summed E-state index contributed by atoms with van der Waals surface area (Å²) < 4.78 is 5.31. The summed E-state index contributed by atoms with van der Waals surface area (Å²) in [5, 5.41) is 5.30. The van der Waals surface area contributed by atoms with Crippen molar-refractivity contribution in [2.75, 3.05) is 19.0 Å². The summed E-state index contributed by atoms with van der Waals surface area (Å²) in [5.41, 5.74) is 7.53. The van der Waals surface area contributed by atoms with Crippen molar-refractivity contribution in [1.82, 2.24) is 9.88 Å². The van der Waals surface area contributed by atoms with E-state index in [4.69, 9.17) is 10.5 Å². The van der Waals surface area contributed by atoms with Crippen LogP contribution in [0.2, 0.25) is 0 Å². The Morgan fingerprint density at radius 2 is 2.27 bits per heavy atom. The maximum Gasteiger partial charge on any atom is 0.274 e. The van der Waals surface area contributed by atoms with E-state index in [0.29, 0.717) is 41.6 Å². The molecular weight excluding hydrogens is 352 g/mol. The molecule has 0 bridgehead atoms. The molecule has 1 atom stereocenters. The molecule has 8 heteroatoms. The molecule has 3 rings (SSSR count). The van der Waals surface area contributed by atoms with Gasteiger partial charge in [0.2, 0.25) is 5.91 Å². The summed E-state index contributed by atoms with van der Waals surface area (Å²) in [6.07, 6.45) is 1.41. The standard InChI is InChI=1S/C18H22N4O3S/c1-11-5-6-15(25-2)12(8-11)21-17(23)14-4-3-7-22(14)18(24)13-10-26-16(9-19)20-13/h5-6,8,10,14H,3-4,7,9,19H2,1-2H3,(H,21,23). The topological polar surface area (TPSA) is 97.5 Å². The third-order valence-corrected chi connectivity index (χ3v) is 5.25. The Kier molecular flexibility index (Phi) is 5.53. The Balaban J connectivity index is 1.76. The van der Waals surface area contributed by atoms with Crippen LogP contribution in [0, 0.1) is 6.92 Å². The lowest BCUT2D eigenvalue weighted by Gasteiger charge is -2.23. The molecule has 0 spiro atoms. The molecule has 2 aromatic rings. The van der Waals surface area contributed by atoms with Crippen LogP contribution in [-0.4, -0.2) is 41.4 Å². The predicted octanol–water partition coefficient (Wildman–Crippen LogP) is 2.16. The number of ether oxygens (including phenoxy) is 1. The van der Waals surface area contributed by atoms with Crippen molar-refractivity contribution in [2.45, 2.75) is 32.4 Å². The van der Waals surface area contributed by atoms with Gasteiger partial charge in [0.1, 0.15) is 22.5 Å². The molecule has 1 aromatic heterocycles. The van der Waals surface area contributed by atoms with Crippen LogP contribution >= 0.6 is 11.3 Å². The van der Waals surface area contributed by atoms with E-state index in [1.807, 2.05) is 25.1 Å². The van der Waals surface area contributed by atoms with Crippen molar-refractivity contribution in [3.63, 3.8) is 0 Å². The molecule has 1 fully saturated rings. The van der Waals surface area contributed by atoms with Crippen LogP contribution < -0.4 is 15.8 Å². The third-order valence-electron chi connectivity index (χ3n) is 4.37. The van der Waals surface area contributed by atoms with Crippen LogP contribution in [0.3, 0.4) is 0 Å². The fraction of sp³-hybridized carbons (Fsp3) is 0.389. The number of nitrogens with two attached hydrogens (primary N) is 1. The van der Waals surface area contributed by atoms with Crippen LogP contribution in [0.4, 0.5) is 5.69 Å². The minimum atomic E-state index is -0.518. The van der Waals surface area contributed by atoms with Crippen molar-refractivity contribution in [3.8, 4) is 5.75 Å². The second kappa shape index (κ2) is 7.84. The first-order valence-corrected chi connectivity index (χ1v) is 9.32. The van der Waals surface area contributed by atoms with Gasteiger partial charge in [0.25, 0.3) is 5.91 Å². The highest BCUT2D eigenvalue weighted by Crippen LogP contribution is 2.27. The molecule has 1 unspecified atom stereocenters. The summed E-state index contributed by atoms with van der Waals surface area (Å²) in [6.45, 7) is 2.78. The number of nitrogens with one attached hydrogen (secondary N) is 1. The van der Waals surface area contributed by atoms with Crippen molar-refractivity contribution < 1.29 is 14.3 Å². The second-order valence-corrected chi connectivity index (χ2v) is 7.12. The first kappa shape index (κ1) is 18.3. The molecule has 2 heterocycles. The van der Waals surface area contributed by atoms with Crippen molar-refractivity contribution >= 4 is 28.8 Å². The van der Waals surface area contributed by atoms with E-state index in [9.17, 15) is 9.59 Å². The number of benzene rings is 1. The van der Waals surface area contributed by atoms with Gasteiger partial charge >= 0.3 is 0 Å². The SMILES string of the molecule is COc1ccc(C)cc1NC(=O)C1CCCN1C(=O)c1csc(CN)n1. The largest absolute Gasteiger partial charge is 0.495 e. The summed E-state index contributed by atoms with van der Waals surface area (Å²) in [6, 6.07) is 5.06. The highest BCUT2D eigenvalue weighted by atomic mass is 32.1. The number of aryl methyl sites for hydroxylation is 1. The number of methoxy groups -OCH3 is 1. The van der Waals surface area contributed by atoms with Crippen molar-refractivity contribution in [2.24, 2.45) is 5.73 Å². The monoisotopic (exact) mass is 374 g/mol. The number of carbonyl (C=O) groups excluding carboxylic acids is 2. The van der Waals surface area contributed by atoms with Crippen LogP contribution in [0.1, 0.15) is 33.9 Å². The highest BCUT2D eigenvalue weighted by molar-refractivity contribution is 7.09. The number of amides is 2. The van der Waals surface area contributed by atoms with Crippen LogP contribution in [0.25, 0.3) is 0 Å².